The summed E-state index contributed by atoms with van der Waals surface area (Å²) < 4.78 is 0. The van der Waals surface area contributed by atoms with Crippen molar-refractivity contribution in [1.29, 1.82) is 5.41 Å². The molecule has 0 aromatic rings. The molecule has 0 aliphatic heterocycles. The molecule has 2 amide bonds. The van der Waals surface area contributed by atoms with E-state index in [4.69, 9.17) is 5.41 Å². The van der Waals surface area contributed by atoms with Crippen molar-refractivity contribution < 1.29 is 9.59 Å². The maximum atomic E-state index is 10.6. The Balaban J connectivity index is 3.64. The van der Waals surface area contributed by atoms with Crippen LogP contribution in [0.15, 0.2) is 0 Å². The highest BCUT2D eigenvalue weighted by molar-refractivity contribution is 5.85. The average molecular weight is 185 g/mol. The van der Waals surface area contributed by atoms with Gasteiger partial charge in [0.05, 0.1) is 6.54 Å². The van der Waals surface area contributed by atoms with E-state index >= 15 is 0 Å². The molecular formula is C8H15N3O2. The molecule has 0 fully saturated rings. The van der Waals surface area contributed by atoms with Crippen molar-refractivity contribution in [1.82, 2.24) is 10.6 Å². The number of hydrogen-bond acceptors (Lipinski definition) is 3. The van der Waals surface area contributed by atoms with Gasteiger partial charge in [-0.2, -0.15) is 0 Å². The van der Waals surface area contributed by atoms with E-state index in [1.54, 1.807) is 0 Å². The normalized spacial score (nSPS) is 11.5. The second-order valence-electron chi connectivity index (χ2n) is 2.91. The van der Waals surface area contributed by atoms with E-state index in [1.165, 1.54) is 6.92 Å². The highest BCUT2D eigenvalue weighted by Gasteiger charge is 2.05. The van der Waals surface area contributed by atoms with Gasteiger partial charge in [-0.25, -0.2) is 0 Å². The van der Waals surface area contributed by atoms with Crippen LogP contribution in [-0.4, -0.2) is 30.6 Å². The molecule has 0 aromatic heterocycles. The van der Waals surface area contributed by atoms with Gasteiger partial charge >= 0.3 is 0 Å². The van der Waals surface area contributed by atoms with E-state index in [-0.39, 0.29) is 18.5 Å². The van der Waals surface area contributed by atoms with Crippen LogP contribution in [0.3, 0.4) is 0 Å². The maximum absolute atomic E-state index is 10.6. The number of hydrogen-bond donors (Lipinski definition) is 3. The van der Waals surface area contributed by atoms with Crippen molar-refractivity contribution in [3.8, 4) is 0 Å². The number of nitrogens with one attached hydrogen (secondary N) is 3. The molecule has 0 radical (unpaired) electrons. The maximum Gasteiger partial charge on any atom is 0.217 e. The molecule has 13 heavy (non-hydrogen) atoms. The fourth-order valence-electron chi connectivity index (χ4n) is 1.00. The quantitative estimate of drug-likeness (QED) is 0.391. The van der Waals surface area contributed by atoms with E-state index in [1.807, 2.05) is 6.92 Å². The largest absolute Gasteiger partial charge is 0.354 e. The molecule has 0 aliphatic rings. The number of amides is 2. The minimum Gasteiger partial charge on any atom is -0.354 e. The Morgan fingerprint density at radius 3 is 2.69 bits per heavy atom. The Labute approximate surface area is 77.4 Å². The highest BCUT2D eigenvalue weighted by Crippen LogP contribution is 1.91. The number of carbonyl (C=O) groups is 2. The summed E-state index contributed by atoms with van der Waals surface area (Å²) >= 11 is 0. The first kappa shape index (κ1) is 11.6. The van der Waals surface area contributed by atoms with Crippen molar-refractivity contribution in [2.75, 3.05) is 6.54 Å². The van der Waals surface area contributed by atoms with Gasteiger partial charge in [0.2, 0.25) is 12.3 Å². The molecule has 0 saturated heterocycles. The third-order valence-electron chi connectivity index (χ3n) is 1.40. The van der Waals surface area contributed by atoms with E-state index in [0.29, 0.717) is 18.5 Å². The van der Waals surface area contributed by atoms with Gasteiger partial charge in [0.15, 0.2) is 0 Å². The number of carbonyl (C=O) groups excluding carboxylic acids is 2. The summed E-state index contributed by atoms with van der Waals surface area (Å²) in [5.41, 5.74) is 0.397. The number of rotatable bonds is 6. The van der Waals surface area contributed by atoms with E-state index in [2.05, 4.69) is 10.6 Å². The minimum absolute atomic E-state index is 0.0570. The minimum atomic E-state index is -0.108. The van der Waals surface area contributed by atoms with Crippen LogP contribution < -0.4 is 10.6 Å². The standard InChI is InChI=1S/C8H15N3O2/c1-6(11-7(2)13)3-8(9)4-10-5-12/h5-6,9H,3-4H2,1-2H3,(H,10,12)(H,11,13). The third-order valence-corrected chi connectivity index (χ3v) is 1.40. The van der Waals surface area contributed by atoms with Crippen LogP contribution >= 0.6 is 0 Å². The highest BCUT2D eigenvalue weighted by atomic mass is 16.1. The van der Waals surface area contributed by atoms with Gasteiger partial charge < -0.3 is 16.0 Å². The van der Waals surface area contributed by atoms with Gasteiger partial charge in [-0.3, -0.25) is 9.59 Å². The molecule has 5 heteroatoms. The van der Waals surface area contributed by atoms with Crippen molar-refractivity contribution >= 4 is 18.0 Å². The molecule has 0 saturated carbocycles. The zero-order valence-corrected chi connectivity index (χ0v) is 7.89. The lowest BCUT2D eigenvalue weighted by Crippen LogP contribution is -2.34. The summed E-state index contributed by atoms with van der Waals surface area (Å²) in [6.45, 7) is 3.49. The summed E-state index contributed by atoms with van der Waals surface area (Å²) in [4.78, 5) is 20.5. The molecule has 0 bridgehead atoms. The Kier molecular flexibility index (Phi) is 5.50. The van der Waals surface area contributed by atoms with Crippen LogP contribution in [0.1, 0.15) is 20.3 Å². The third kappa shape index (κ3) is 6.99. The van der Waals surface area contributed by atoms with Gasteiger partial charge in [-0.1, -0.05) is 0 Å². The molecule has 3 N–H and O–H groups in total. The SMILES string of the molecule is CC(=O)NC(C)CC(=N)CNC=O. The lowest BCUT2D eigenvalue weighted by atomic mass is 10.1. The van der Waals surface area contributed by atoms with Crippen LogP contribution in [-0.2, 0) is 9.59 Å². The van der Waals surface area contributed by atoms with Crippen LogP contribution in [0.5, 0.6) is 0 Å². The zero-order valence-electron chi connectivity index (χ0n) is 7.89. The zero-order chi connectivity index (χ0) is 10.3. The van der Waals surface area contributed by atoms with Crippen LogP contribution in [0, 0.1) is 5.41 Å². The Morgan fingerprint density at radius 1 is 1.62 bits per heavy atom. The molecule has 0 rings (SSSR count). The van der Waals surface area contributed by atoms with Gasteiger partial charge in [-0.15, -0.1) is 0 Å². The van der Waals surface area contributed by atoms with Crippen molar-refractivity contribution in [2.24, 2.45) is 0 Å². The molecule has 1 atom stereocenters. The molecule has 1 unspecified atom stereocenters. The molecule has 0 heterocycles. The summed E-state index contributed by atoms with van der Waals surface area (Å²) in [5.74, 6) is -0.108. The van der Waals surface area contributed by atoms with Crippen LogP contribution in [0.2, 0.25) is 0 Å². The van der Waals surface area contributed by atoms with Crippen molar-refractivity contribution in [3.63, 3.8) is 0 Å². The monoisotopic (exact) mass is 185 g/mol. The van der Waals surface area contributed by atoms with Crippen molar-refractivity contribution in [3.05, 3.63) is 0 Å². The Bertz CT molecular complexity index is 204. The summed E-state index contributed by atoms with van der Waals surface area (Å²) in [6.07, 6.45) is 1.01. The lowest BCUT2D eigenvalue weighted by Gasteiger charge is -2.12. The fraction of sp³-hybridized carbons (Fsp3) is 0.625. The predicted octanol–water partition coefficient (Wildman–Crippen LogP) is -0.333. The van der Waals surface area contributed by atoms with Gasteiger partial charge in [0.25, 0.3) is 0 Å². The second-order valence-corrected chi connectivity index (χ2v) is 2.91. The summed E-state index contributed by atoms with van der Waals surface area (Å²) in [5, 5.41) is 12.4. The molecule has 0 spiro atoms. The molecule has 5 nitrogen and oxygen atoms in total. The summed E-state index contributed by atoms with van der Waals surface area (Å²) in [6, 6.07) is -0.0570. The molecule has 0 aliphatic carbocycles. The van der Waals surface area contributed by atoms with Crippen LogP contribution in [0.4, 0.5) is 0 Å². The van der Waals surface area contributed by atoms with E-state index < -0.39 is 0 Å². The smallest absolute Gasteiger partial charge is 0.217 e. The fourth-order valence-corrected chi connectivity index (χ4v) is 1.00. The summed E-state index contributed by atoms with van der Waals surface area (Å²) in [7, 11) is 0. The molecule has 0 aromatic carbocycles. The first-order valence-corrected chi connectivity index (χ1v) is 4.06. The van der Waals surface area contributed by atoms with Gasteiger partial charge in [0.1, 0.15) is 0 Å². The van der Waals surface area contributed by atoms with Gasteiger partial charge in [0, 0.05) is 25.1 Å². The Hall–Kier alpha value is -1.39. The first-order chi connectivity index (χ1) is 6.06. The topological polar surface area (TPSA) is 82.1 Å². The van der Waals surface area contributed by atoms with Crippen molar-refractivity contribution in [2.45, 2.75) is 26.3 Å². The molecule has 74 valence electrons. The van der Waals surface area contributed by atoms with E-state index in [0.717, 1.165) is 0 Å². The average Bonchev–Trinajstić information content (AvgIpc) is 1.98. The molecular weight excluding hydrogens is 170 g/mol. The van der Waals surface area contributed by atoms with Crippen LogP contribution in [0.25, 0.3) is 0 Å². The first-order valence-electron chi connectivity index (χ1n) is 4.06. The predicted molar refractivity (Wildman–Crippen MR) is 49.7 cm³/mol. The lowest BCUT2D eigenvalue weighted by molar-refractivity contribution is -0.119. The Morgan fingerprint density at radius 2 is 2.23 bits per heavy atom. The van der Waals surface area contributed by atoms with E-state index in [9.17, 15) is 9.59 Å². The van der Waals surface area contributed by atoms with Gasteiger partial charge in [-0.05, 0) is 6.92 Å². The second kappa shape index (κ2) is 6.16.